The third-order valence-electron chi connectivity index (χ3n) is 2.94. The molecular formula is C13H17F2N3OS. The monoisotopic (exact) mass is 301 g/mol. The fraction of sp³-hybridized carbons (Fsp3) is 0.462. The van der Waals surface area contributed by atoms with E-state index in [9.17, 15) is 8.78 Å². The summed E-state index contributed by atoms with van der Waals surface area (Å²) in [5.74, 6) is -1.26. The zero-order valence-corrected chi connectivity index (χ0v) is 12.3. The molecule has 0 atom stereocenters. The maximum atomic E-state index is 13.6. The summed E-state index contributed by atoms with van der Waals surface area (Å²) in [5.41, 5.74) is 0.647. The van der Waals surface area contributed by atoms with E-state index in [0.29, 0.717) is 30.0 Å². The zero-order valence-electron chi connectivity index (χ0n) is 11.4. The molecule has 0 saturated carbocycles. The molecule has 1 heterocycles. The molecule has 0 radical (unpaired) electrons. The molecule has 0 aliphatic carbocycles. The van der Waals surface area contributed by atoms with E-state index >= 15 is 0 Å². The van der Waals surface area contributed by atoms with E-state index in [-0.39, 0.29) is 5.52 Å². The molecule has 0 bridgehead atoms. The van der Waals surface area contributed by atoms with Crippen molar-refractivity contribution in [1.29, 1.82) is 0 Å². The van der Waals surface area contributed by atoms with Gasteiger partial charge >= 0.3 is 0 Å². The Kier molecular flexibility index (Phi) is 4.85. The molecular weight excluding hydrogens is 284 g/mol. The van der Waals surface area contributed by atoms with Crippen LogP contribution in [0.5, 0.6) is 0 Å². The van der Waals surface area contributed by atoms with Crippen LogP contribution in [-0.2, 0) is 11.3 Å². The van der Waals surface area contributed by atoms with Gasteiger partial charge in [0.25, 0.3) is 0 Å². The third kappa shape index (κ3) is 3.41. The molecule has 0 aliphatic heterocycles. The van der Waals surface area contributed by atoms with E-state index in [1.807, 2.05) is 19.0 Å². The van der Waals surface area contributed by atoms with Crippen LogP contribution in [0.2, 0.25) is 0 Å². The molecule has 4 nitrogen and oxygen atoms in total. The van der Waals surface area contributed by atoms with Crippen molar-refractivity contribution in [2.45, 2.75) is 6.54 Å². The topological polar surface area (TPSA) is 33.2 Å². The lowest BCUT2D eigenvalue weighted by Gasteiger charge is -2.10. The second-order valence-electron chi connectivity index (χ2n) is 4.78. The van der Waals surface area contributed by atoms with Gasteiger partial charge in [0.05, 0.1) is 18.7 Å². The Morgan fingerprint density at radius 1 is 1.30 bits per heavy atom. The lowest BCUT2D eigenvalue weighted by Crippen LogP contribution is -2.19. The first-order valence-corrected chi connectivity index (χ1v) is 6.70. The first kappa shape index (κ1) is 15.1. The van der Waals surface area contributed by atoms with Crippen molar-refractivity contribution in [3.63, 3.8) is 0 Å². The number of aromatic amines is 1. The number of nitrogens with zero attached hydrogens (tertiary/aromatic N) is 2. The molecule has 7 heteroatoms. The van der Waals surface area contributed by atoms with Gasteiger partial charge in [-0.15, -0.1) is 0 Å². The molecule has 0 amide bonds. The van der Waals surface area contributed by atoms with Crippen molar-refractivity contribution in [2.24, 2.45) is 0 Å². The SMILES string of the molecule is CN(C)CCOCCn1c(=S)[nH]c2c(F)cc(F)cc21. The summed E-state index contributed by atoms with van der Waals surface area (Å²) in [6.45, 7) is 2.32. The highest BCUT2D eigenvalue weighted by molar-refractivity contribution is 7.71. The minimum Gasteiger partial charge on any atom is -0.378 e. The van der Waals surface area contributed by atoms with E-state index < -0.39 is 11.6 Å². The number of hydrogen-bond acceptors (Lipinski definition) is 3. The molecule has 20 heavy (non-hydrogen) atoms. The molecule has 0 unspecified atom stereocenters. The minimum absolute atomic E-state index is 0.227. The van der Waals surface area contributed by atoms with Crippen molar-refractivity contribution in [3.8, 4) is 0 Å². The van der Waals surface area contributed by atoms with E-state index in [1.54, 1.807) is 4.57 Å². The average molecular weight is 301 g/mol. The van der Waals surface area contributed by atoms with Crippen LogP contribution in [-0.4, -0.2) is 48.3 Å². The first-order chi connectivity index (χ1) is 9.49. The normalized spacial score (nSPS) is 11.7. The van der Waals surface area contributed by atoms with Gasteiger partial charge in [0.1, 0.15) is 11.3 Å². The number of nitrogens with one attached hydrogen (secondary N) is 1. The quantitative estimate of drug-likeness (QED) is 0.657. The summed E-state index contributed by atoms with van der Waals surface area (Å²) in [7, 11) is 3.93. The molecule has 1 aromatic heterocycles. The summed E-state index contributed by atoms with van der Waals surface area (Å²) in [4.78, 5) is 4.77. The summed E-state index contributed by atoms with van der Waals surface area (Å²) in [5, 5.41) is 0. The predicted molar refractivity (Wildman–Crippen MR) is 76.4 cm³/mol. The Bertz CT molecular complexity index is 651. The minimum atomic E-state index is -0.640. The number of fused-ring (bicyclic) bond motifs is 1. The van der Waals surface area contributed by atoms with Gasteiger partial charge in [-0.1, -0.05) is 0 Å². The number of benzene rings is 1. The molecule has 2 aromatic rings. The van der Waals surface area contributed by atoms with Crippen LogP contribution in [0.15, 0.2) is 12.1 Å². The predicted octanol–water partition coefficient (Wildman–Crippen LogP) is 2.56. The Balaban J connectivity index is 2.10. The molecule has 2 rings (SSSR count). The van der Waals surface area contributed by atoms with Crippen molar-refractivity contribution in [3.05, 3.63) is 28.5 Å². The number of rotatable bonds is 6. The van der Waals surface area contributed by atoms with Gasteiger partial charge in [0.2, 0.25) is 0 Å². The van der Waals surface area contributed by atoms with Crippen LogP contribution in [0, 0.1) is 16.4 Å². The highest BCUT2D eigenvalue weighted by atomic mass is 32.1. The van der Waals surface area contributed by atoms with Gasteiger partial charge in [-0.3, -0.25) is 0 Å². The van der Waals surface area contributed by atoms with Gasteiger partial charge in [-0.2, -0.15) is 0 Å². The number of aromatic nitrogens is 2. The molecule has 110 valence electrons. The van der Waals surface area contributed by atoms with Crippen LogP contribution in [0.1, 0.15) is 0 Å². The Morgan fingerprint density at radius 3 is 2.75 bits per heavy atom. The van der Waals surface area contributed by atoms with Crippen molar-refractivity contribution < 1.29 is 13.5 Å². The number of hydrogen-bond donors (Lipinski definition) is 1. The number of H-pyrrole nitrogens is 1. The van der Waals surface area contributed by atoms with Gasteiger partial charge in [0.15, 0.2) is 10.6 Å². The first-order valence-electron chi connectivity index (χ1n) is 6.29. The Hall–Kier alpha value is -1.31. The van der Waals surface area contributed by atoms with E-state index in [1.165, 1.54) is 6.07 Å². The fourth-order valence-electron chi connectivity index (χ4n) is 1.91. The number of imidazole rings is 1. The molecule has 0 saturated heterocycles. The van der Waals surface area contributed by atoms with Crippen LogP contribution in [0.3, 0.4) is 0 Å². The highest BCUT2D eigenvalue weighted by Crippen LogP contribution is 2.19. The average Bonchev–Trinajstić information content (AvgIpc) is 2.66. The van der Waals surface area contributed by atoms with Crippen LogP contribution < -0.4 is 0 Å². The summed E-state index contributed by atoms with van der Waals surface area (Å²) in [6.07, 6.45) is 0. The molecule has 1 aromatic carbocycles. The van der Waals surface area contributed by atoms with Crippen molar-refractivity contribution in [2.75, 3.05) is 33.9 Å². The van der Waals surface area contributed by atoms with Crippen molar-refractivity contribution in [1.82, 2.24) is 14.5 Å². The molecule has 1 N–H and O–H groups in total. The van der Waals surface area contributed by atoms with E-state index in [4.69, 9.17) is 17.0 Å². The van der Waals surface area contributed by atoms with Crippen LogP contribution >= 0.6 is 12.2 Å². The van der Waals surface area contributed by atoms with Gasteiger partial charge in [-0.05, 0) is 32.4 Å². The maximum Gasteiger partial charge on any atom is 0.178 e. The van der Waals surface area contributed by atoms with Gasteiger partial charge in [0, 0.05) is 19.2 Å². The number of ether oxygens (including phenoxy) is 1. The fourth-order valence-corrected chi connectivity index (χ4v) is 2.20. The zero-order chi connectivity index (χ0) is 14.7. The maximum absolute atomic E-state index is 13.6. The highest BCUT2D eigenvalue weighted by Gasteiger charge is 2.10. The van der Waals surface area contributed by atoms with Gasteiger partial charge in [-0.25, -0.2) is 8.78 Å². The third-order valence-corrected chi connectivity index (χ3v) is 3.27. The molecule has 0 spiro atoms. The molecule has 0 fully saturated rings. The smallest absolute Gasteiger partial charge is 0.178 e. The molecule has 0 aliphatic rings. The second-order valence-corrected chi connectivity index (χ2v) is 5.17. The number of likely N-dealkylation sites (N-methyl/N-ethyl adjacent to an activating group) is 1. The lowest BCUT2D eigenvalue weighted by atomic mass is 10.3. The summed E-state index contributed by atoms with van der Waals surface area (Å²) < 4.78 is 34.4. The second kappa shape index (κ2) is 6.43. The largest absolute Gasteiger partial charge is 0.378 e. The van der Waals surface area contributed by atoms with Crippen LogP contribution in [0.25, 0.3) is 11.0 Å². The Morgan fingerprint density at radius 2 is 2.05 bits per heavy atom. The van der Waals surface area contributed by atoms with E-state index in [0.717, 1.165) is 12.6 Å². The van der Waals surface area contributed by atoms with Crippen molar-refractivity contribution >= 4 is 23.3 Å². The van der Waals surface area contributed by atoms with Gasteiger partial charge < -0.3 is 19.2 Å². The Labute approximate surface area is 121 Å². The number of halogens is 2. The summed E-state index contributed by atoms with van der Waals surface area (Å²) in [6, 6.07) is 2.11. The van der Waals surface area contributed by atoms with Crippen LogP contribution in [0.4, 0.5) is 8.78 Å². The lowest BCUT2D eigenvalue weighted by molar-refractivity contribution is 0.111. The van der Waals surface area contributed by atoms with E-state index in [2.05, 4.69) is 4.98 Å². The summed E-state index contributed by atoms with van der Waals surface area (Å²) >= 11 is 5.13. The standard InChI is InChI=1S/C13H17F2N3OS/c1-17(2)3-5-19-6-4-18-11-8-9(14)7-10(15)12(11)16-13(18)20/h7-8H,3-6H2,1-2H3,(H,16,20).